The van der Waals surface area contributed by atoms with Crippen molar-refractivity contribution in [1.29, 1.82) is 0 Å². The van der Waals surface area contributed by atoms with Crippen molar-refractivity contribution >= 4 is 35.1 Å². The summed E-state index contributed by atoms with van der Waals surface area (Å²) in [5, 5.41) is 11.0. The van der Waals surface area contributed by atoms with Crippen molar-refractivity contribution in [3.05, 3.63) is 74.0 Å². The summed E-state index contributed by atoms with van der Waals surface area (Å²) in [5.41, 5.74) is 0.929. The molecule has 0 fully saturated rings. The predicted octanol–water partition coefficient (Wildman–Crippen LogP) is 4.17. The fourth-order valence-corrected chi connectivity index (χ4v) is 2.69. The molecular formula is C16H13NO4S. The second-order valence-corrected chi connectivity index (χ2v) is 5.32. The summed E-state index contributed by atoms with van der Waals surface area (Å²) < 4.78 is 4.58. The number of nitrogens with zero attached hydrogens (tertiary/aromatic N) is 1. The van der Waals surface area contributed by atoms with Crippen LogP contribution in [0.25, 0.3) is 12.2 Å². The highest BCUT2D eigenvalue weighted by Gasteiger charge is 2.20. The van der Waals surface area contributed by atoms with Gasteiger partial charge in [-0.3, -0.25) is 10.1 Å². The van der Waals surface area contributed by atoms with Crippen molar-refractivity contribution < 1.29 is 14.5 Å². The van der Waals surface area contributed by atoms with Crippen LogP contribution in [0.1, 0.15) is 20.1 Å². The smallest absolute Gasteiger partial charge is 0.348 e. The fourth-order valence-electron chi connectivity index (χ4n) is 1.73. The molecule has 0 spiro atoms. The molecule has 0 saturated carbocycles. The van der Waals surface area contributed by atoms with Crippen molar-refractivity contribution in [2.24, 2.45) is 0 Å². The molecule has 5 nitrogen and oxygen atoms in total. The van der Waals surface area contributed by atoms with Gasteiger partial charge in [-0.05, 0) is 11.6 Å². The number of carbonyl (C=O) groups is 1. The first-order valence-electron chi connectivity index (χ1n) is 6.38. The maximum Gasteiger partial charge on any atom is 0.348 e. The first kappa shape index (κ1) is 15.7. The van der Waals surface area contributed by atoms with Gasteiger partial charge in [0.15, 0.2) is 0 Å². The van der Waals surface area contributed by atoms with Gasteiger partial charge in [0.25, 0.3) is 5.69 Å². The van der Waals surface area contributed by atoms with E-state index in [2.05, 4.69) is 4.74 Å². The fraction of sp³-hybridized carbons (Fsp3) is 0.0625. The lowest BCUT2D eigenvalue weighted by Crippen LogP contribution is -1.97. The Hall–Kier alpha value is -2.73. The lowest BCUT2D eigenvalue weighted by molar-refractivity contribution is -0.384. The van der Waals surface area contributed by atoms with Crippen LogP contribution in [0.5, 0.6) is 0 Å². The number of rotatable bonds is 5. The van der Waals surface area contributed by atoms with E-state index in [1.165, 1.54) is 13.2 Å². The average Bonchev–Trinajstić information content (AvgIpc) is 2.96. The van der Waals surface area contributed by atoms with Crippen molar-refractivity contribution in [1.82, 2.24) is 0 Å². The van der Waals surface area contributed by atoms with Crippen molar-refractivity contribution in [3.8, 4) is 0 Å². The molecule has 0 bridgehead atoms. The molecule has 0 aliphatic rings. The topological polar surface area (TPSA) is 69.4 Å². The highest BCUT2D eigenvalue weighted by molar-refractivity contribution is 7.15. The Kier molecular flexibility index (Phi) is 5.21. The number of carbonyl (C=O) groups excluding carboxylic acids is 1. The molecule has 2 aromatic rings. The van der Waals surface area contributed by atoms with Crippen molar-refractivity contribution in [2.45, 2.75) is 0 Å². The number of allylic oxidation sites excluding steroid dienone is 2. The first-order valence-corrected chi connectivity index (χ1v) is 7.20. The molecule has 22 heavy (non-hydrogen) atoms. The summed E-state index contributed by atoms with van der Waals surface area (Å²) in [5.74, 6) is -0.576. The monoisotopic (exact) mass is 315 g/mol. The van der Waals surface area contributed by atoms with E-state index in [0.29, 0.717) is 4.88 Å². The van der Waals surface area contributed by atoms with Gasteiger partial charge in [0.1, 0.15) is 9.75 Å². The van der Waals surface area contributed by atoms with Crippen LogP contribution in [0, 0.1) is 10.1 Å². The van der Waals surface area contributed by atoms with Gasteiger partial charge in [0.2, 0.25) is 0 Å². The van der Waals surface area contributed by atoms with Crippen LogP contribution in [0.4, 0.5) is 5.69 Å². The zero-order valence-electron chi connectivity index (χ0n) is 11.8. The second kappa shape index (κ2) is 7.33. The molecule has 6 heteroatoms. The zero-order valence-corrected chi connectivity index (χ0v) is 12.6. The van der Waals surface area contributed by atoms with E-state index in [1.807, 2.05) is 36.4 Å². The van der Waals surface area contributed by atoms with Crippen molar-refractivity contribution in [3.63, 3.8) is 0 Å². The van der Waals surface area contributed by atoms with Crippen LogP contribution in [0.2, 0.25) is 0 Å². The van der Waals surface area contributed by atoms with Gasteiger partial charge in [-0.1, -0.05) is 48.6 Å². The van der Waals surface area contributed by atoms with E-state index in [9.17, 15) is 14.9 Å². The van der Waals surface area contributed by atoms with Crippen molar-refractivity contribution in [2.75, 3.05) is 7.11 Å². The lowest BCUT2D eigenvalue weighted by atomic mass is 10.2. The Morgan fingerprint density at radius 3 is 2.55 bits per heavy atom. The minimum absolute atomic E-state index is 0.102. The molecule has 1 heterocycles. The van der Waals surface area contributed by atoms with E-state index in [1.54, 1.807) is 18.2 Å². The number of nitro groups is 1. The average molecular weight is 315 g/mol. The number of hydrogen-bond donors (Lipinski definition) is 0. The molecule has 1 aromatic carbocycles. The molecule has 112 valence electrons. The third kappa shape index (κ3) is 3.89. The molecule has 0 amide bonds. The number of benzene rings is 1. The molecule has 0 atom stereocenters. The summed E-state index contributed by atoms with van der Waals surface area (Å²) in [6, 6.07) is 10.9. The quantitative estimate of drug-likeness (QED) is 0.359. The Bertz CT molecular complexity index is 732. The summed E-state index contributed by atoms with van der Waals surface area (Å²) in [6.07, 6.45) is 6.98. The minimum Gasteiger partial charge on any atom is -0.465 e. The Balaban J connectivity index is 2.19. The third-order valence-electron chi connectivity index (χ3n) is 2.77. The highest BCUT2D eigenvalue weighted by atomic mass is 32.1. The maximum atomic E-state index is 11.4. The lowest BCUT2D eigenvalue weighted by Gasteiger charge is -1.90. The van der Waals surface area contributed by atoms with Gasteiger partial charge in [0, 0.05) is 6.07 Å². The predicted molar refractivity (Wildman–Crippen MR) is 86.8 cm³/mol. The molecule has 0 unspecified atom stereocenters. The Labute approximate surface area is 131 Å². The first-order chi connectivity index (χ1) is 10.6. The van der Waals surface area contributed by atoms with Gasteiger partial charge in [-0.15, -0.1) is 11.3 Å². The molecule has 0 saturated heterocycles. The molecule has 2 rings (SSSR count). The molecular weight excluding hydrogens is 302 g/mol. The highest BCUT2D eigenvalue weighted by Crippen LogP contribution is 2.30. The summed E-state index contributed by atoms with van der Waals surface area (Å²) in [7, 11) is 1.24. The van der Waals surface area contributed by atoms with Crippen LogP contribution < -0.4 is 0 Å². The Morgan fingerprint density at radius 2 is 1.91 bits per heavy atom. The number of hydrogen-bond acceptors (Lipinski definition) is 5. The van der Waals surface area contributed by atoms with E-state index < -0.39 is 10.9 Å². The van der Waals surface area contributed by atoms with Gasteiger partial charge >= 0.3 is 5.97 Å². The minimum atomic E-state index is -0.576. The summed E-state index contributed by atoms with van der Waals surface area (Å²) in [6.45, 7) is 0. The van der Waals surface area contributed by atoms with Gasteiger partial charge in [-0.2, -0.15) is 0 Å². The van der Waals surface area contributed by atoms with E-state index in [-0.39, 0.29) is 10.6 Å². The largest absolute Gasteiger partial charge is 0.465 e. The Morgan fingerprint density at radius 1 is 1.23 bits per heavy atom. The van der Waals surface area contributed by atoms with E-state index in [4.69, 9.17) is 0 Å². The van der Waals surface area contributed by atoms with Crippen LogP contribution in [-0.2, 0) is 4.74 Å². The molecule has 0 N–H and O–H groups in total. The zero-order chi connectivity index (χ0) is 15.9. The number of methoxy groups -OCH3 is 1. The number of esters is 1. The number of thiophene rings is 1. The molecule has 0 aliphatic carbocycles. The van der Waals surface area contributed by atoms with Gasteiger partial charge in [-0.25, -0.2) is 4.79 Å². The second-order valence-electron chi connectivity index (χ2n) is 4.24. The summed E-state index contributed by atoms with van der Waals surface area (Å²) in [4.78, 5) is 22.6. The normalized spacial score (nSPS) is 11.1. The summed E-state index contributed by atoms with van der Waals surface area (Å²) >= 11 is 1.03. The van der Waals surface area contributed by atoms with Crippen LogP contribution >= 0.6 is 11.3 Å². The van der Waals surface area contributed by atoms with Crippen LogP contribution in [-0.4, -0.2) is 18.0 Å². The SMILES string of the molecule is COC(=O)c1cc([N+](=O)[O-])c(/C=C/C=C/c2ccccc2)s1. The van der Waals surface area contributed by atoms with Crippen LogP contribution in [0.3, 0.4) is 0 Å². The van der Waals surface area contributed by atoms with E-state index in [0.717, 1.165) is 16.9 Å². The van der Waals surface area contributed by atoms with Crippen LogP contribution in [0.15, 0.2) is 48.6 Å². The molecule has 0 radical (unpaired) electrons. The molecule has 0 aliphatic heterocycles. The maximum absolute atomic E-state index is 11.4. The third-order valence-corrected chi connectivity index (χ3v) is 3.84. The standard InChI is InChI=1S/C16H13NO4S/c1-21-16(18)15-11-13(17(19)20)14(22-15)10-6-5-9-12-7-3-2-4-8-12/h2-11H,1H3/b9-5+,10-6+. The van der Waals surface area contributed by atoms with Gasteiger partial charge in [0.05, 0.1) is 12.0 Å². The van der Waals surface area contributed by atoms with E-state index >= 15 is 0 Å². The number of ether oxygens (including phenoxy) is 1. The van der Waals surface area contributed by atoms with Gasteiger partial charge < -0.3 is 4.74 Å². The molecule has 1 aromatic heterocycles.